The molecule has 5 aromatic rings. The van der Waals surface area contributed by atoms with Crippen molar-refractivity contribution in [3.05, 3.63) is 117 Å². The molecule has 42 heavy (non-hydrogen) atoms. The summed E-state index contributed by atoms with van der Waals surface area (Å²) in [4.78, 5) is 44.4. The van der Waals surface area contributed by atoms with Crippen LogP contribution in [0.2, 0.25) is 0 Å². The number of hydrogen-bond acceptors (Lipinski definition) is 7. The molecule has 1 unspecified atom stereocenters. The monoisotopic (exact) mass is 642 g/mol. The summed E-state index contributed by atoms with van der Waals surface area (Å²) in [6, 6.07) is 26.5. The predicted molar refractivity (Wildman–Crippen MR) is 165 cm³/mol. The average molecular weight is 644 g/mol. The second-order valence-corrected chi connectivity index (χ2v) is 11.4. The maximum Gasteiger partial charge on any atom is 0.269 e. The zero-order valence-corrected chi connectivity index (χ0v) is 24.6. The molecule has 1 aliphatic rings. The van der Waals surface area contributed by atoms with Crippen LogP contribution in [0.25, 0.3) is 28.0 Å². The van der Waals surface area contributed by atoms with Crippen molar-refractivity contribution in [1.82, 2.24) is 20.0 Å². The first-order valence-corrected chi connectivity index (χ1v) is 14.7. The number of carbonyl (C=O) groups is 2. The zero-order chi connectivity index (χ0) is 29.4. The van der Waals surface area contributed by atoms with Gasteiger partial charge in [-0.15, -0.1) is 11.8 Å². The Morgan fingerprint density at radius 1 is 1.02 bits per heavy atom. The van der Waals surface area contributed by atoms with E-state index >= 15 is 0 Å². The molecule has 1 aromatic heterocycles. The summed E-state index contributed by atoms with van der Waals surface area (Å²) in [5.41, 5.74) is 5.37. The second kappa shape index (κ2) is 11.3. The standard InChI is InChI=1S/C31H23BrN4O5S/c1-41-25-16-20(15-23(32)27(25)38)31-36(26(37)17-42-31)34-29(39)19-11-13-21(14-12-19)35-28(18-7-3-2-4-8-18)33-24-10-6-5-9-22(24)30(35)40/h2-16,31,38H,17H2,1H3,(H,34,39). The van der Waals surface area contributed by atoms with Crippen molar-refractivity contribution in [1.29, 1.82) is 0 Å². The van der Waals surface area contributed by atoms with E-state index in [2.05, 4.69) is 21.4 Å². The highest BCUT2D eigenvalue weighted by Crippen LogP contribution is 2.43. The van der Waals surface area contributed by atoms with Gasteiger partial charge in [-0.3, -0.25) is 24.4 Å². The molecule has 0 aliphatic carbocycles. The van der Waals surface area contributed by atoms with Gasteiger partial charge in [-0.05, 0) is 70.0 Å². The molecule has 0 radical (unpaired) electrons. The number of aromatic hydroxyl groups is 1. The first kappa shape index (κ1) is 27.6. The zero-order valence-electron chi connectivity index (χ0n) is 22.2. The third-order valence-electron chi connectivity index (χ3n) is 6.84. The second-order valence-electron chi connectivity index (χ2n) is 9.43. The Hall–Kier alpha value is -4.61. The van der Waals surface area contributed by atoms with Crippen LogP contribution >= 0.6 is 27.7 Å². The molecule has 0 spiro atoms. The van der Waals surface area contributed by atoms with Crippen molar-refractivity contribution >= 4 is 50.4 Å². The number of nitrogens with one attached hydrogen (secondary N) is 1. The lowest BCUT2D eigenvalue weighted by molar-refractivity contribution is -0.130. The number of phenolic OH excluding ortho intramolecular Hbond substituents is 1. The van der Waals surface area contributed by atoms with Gasteiger partial charge < -0.3 is 9.84 Å². The summed E-state index contributed by atoms with van der Waals surface area (Å²) < 4.78 is 7.19. The highest BCUT2D eigenvalue weighted by molar-refractivity contribution is 9.10. The lowest BCUT2D eigenvalue weighted by Crippen LogP contribution is -2.44. The van der Waals surface area contributed by atoms with E-state index in [-0.39, 0.29) is 28.7 Å². The number of aromatic nitrogens is 2. The minimum absolute atomic E-state index is 0.0533. The Bertz CT molecular complexity index is 1900. The molecule has 1 atom stereocenters. The number of carbonyl (C=O) groups excluding carboxylic acids is 2. The van der Waals surface area contributed by atoms with Crippen molar-refractivity contribution in [2.75, 3.05) is 12.9 Å². The summed E-state index contributed by atoms with van der Waals surface area (Å²) >= 11 is 4.66. The number of amides is 2. The molecule has 2 heterocycles. The number of hydrazine groups is 1. The molecular weight excluding hydrogens is 620 g/mol. The van der Waals surface area contributed by atoms with E-state index in [1.54, 1.807) is 54.6 Å². The number of para-hydroxylation sites is 1. The number of fused-ring (bicyclic) bond motifs is 1. The summed E-state index contributed by atoms with van der Waals surface area (Å²) in [5.74, 6) is 0.0930. The van der Waals surface area contributed by atoms with Gasteiger partial charge in [-0.25, -0.2) is 9.99 Å². The normalized spacial score (nSPS) is 14.8. The van der Waals surface area contributed by atoms with E-state index < -0.39 is 11.3 Å². The van der Waals surface area contributed by atoms with Gasteiger partial charge in [0.2, 0.25) is 0 Å². The van der Waals surface area contributed by atoms with Gasteiger partial charge in [0.1, 0.15) is 11.2 Å². The topological polar surface area (TPSA) is 114 Å². The Balaban J connectivity index is 1.31. The fraction of sp³-hybridized carbons (Fsp3) is 0.0968. The van der Waals surface area contributed by atoms with E-state index in [1.807, 2.05) is 36.4 Å². The average Bonchev–Trinajstić information content (AvgIpc) is 3.38. The molecule has 2 amide bonds. The first-order chi connectivity index (χ1) is 20.4. The van der Waals surface area contributed by atoms with Crippen molar-refractivity contribution in [3.8, 4) is 28.6 Å². The quantitative estimate of drug-likeness (QED) is 0.253. The van der Waals surface area contributed by atoms with Gasteiger partial charge in [0.05, 0.1) is 33.9 Å². The van der Waals surface area contributed by atoms with Crippen LogP contribution in [0.3, 0.4) is 0 Å². The number of benzene rings is 4. The number of nitrogens with zero attached hydrogens (tertiary/aromatic N) is 3. The molecule has 0 bridgehead atoms. The van der Waals surface area contributed by atoms with Crippen LogP contribution < -0.4 is 15.7 Å². The van der Waals surface area contributed by atoms with Gasteiger partial charge in [0.25, 0.3) is 17.4 Å². The van der Waals surface area contributed by atoms with Crippen molar-refractivity contribution in [2.24, 2.45) is 0 Å². The van der Waals surface area contributed by atoms with Crippen molar-refractivity contribution in [3.63, 3.8) is 0 Å². The lowest BCUT2D eigenvalue weighted by Gasteiger charge is -2.25. The molecule has 1 aliphatic heterocycles. The minimum Gasteiger partial charge on any atom is -0.503 e. The molecule has 11 heteroatoms. The van der Waals surface area contributed by atoms with Gasteiger partial charge in [0, 0.05) is 11.1 Å². The molecule has 210 valence electrons. The van der Waals surface area contributed by atoms with E-state index in [0.717, 1.165) is 5.56 Å². The maximum atomic E-state index is 13.6. The van der Waals surface area contributed by atoms with Crippen LogP contribution in [-0.2, 0) is 4.79 Å². The SMILES string of the molecule is COc1cc(C2SCC(=O)N2NC(=O)c2ccc(-n3c(-c4ccccc4)nc4ccccc4c3=O)cc2)cc(Br)c1O. The Morgan fingerprint density at radius 2 is 1.74 bits per heavy atom. The summed E-state index contributed by atoms with van der Waals surface area (Å²) in [6.07, 6.45) is 0. The Labute approximate surface area is 252 Å². The molecular formula is C31H23BrN4O5S. The van der Waals surface area contributed by atoms with Crippen molar-refractivity contribution < 1.29 is 19.4 Å². The van der Waals surface area contributed by atoms with Gasteiger partial charge in [-0.2, -0.15) is 0 Å². The van der Waals surface area contributed by atoms with E-state index in [4.69, 9.17) is 9.72 Å². The third kappa shape index (κ3) is 5.01. The fourth-order valence-corrected chi connectivity index (χ4v) is 6.32. The van der Waals surface area contributed by atoms with Gasteiger partial charge >= 0.3 is 0 Å². The highest BCUT2D eigenvalue weighted by Gasteiger charge is 2.35. The summed E-state index contributed by atoms with van der Waals surface area (Å²) in [7, 11) is 1.44. The number of halogens is 1. The summed E-state index contributed by atoms with van der Waals surface area (Å²) in [6.45, 7) is 0. The first-order valence-electron chi connectivity index (χ1n) is 12.8. The lowest BCUT2D eigenvalue weighted by atomic mass is 10.1. The molecule has 1 fully saturated rings. The highest BCUT2D eigenvalue weighted by atomic mass is 79.9. The molecule has 0 saturated carbocycles. The van der Waals surface area contributed by atoms with Crippen molar-refractivity contribution in [2.45, 2.75) is 5.37 Å². The van der Waals surface area contributed by atoms with Crippen LogP contribution in [-0.4, -0.2) is 44.3 Å². The number of rotatable bonds is 6. The molecule has 1 saturated heterocycles. The third-order valence-corrected chi connectivity index (χ3v) is 8.66. The molecule has 4 aromatic carbocycles. The number of thioether (sulfide) groups is 1. The van der Waals surface area contributed by atoms with Crippen LogP contribution in [0.4, 0.5) is 0 Å². The fourth-order valence-electron chi connectivity index (χ4n) is 4.77. The predicted octanol–water partition coefficient (Wildman–Crippen LogP) is 5.45. The van der Waals surface area contributed by atoms with E-state index in [1.165, 1.54) is 28.4 Å². The van der Waals surface area contributed by atoms with Crippen LogP contribution in [0, 0.1) is 0 Å². The molecule has 2 N–H and O–H groups in total. The summed E-state index contributed by atoms with van der Waals surface area (Å²) in [5, 5.41) is 11.4. The van der Waals surface area contributed by atoms with Gasteiger partial charge in [0.15, 0.2) is 11.5 Å². The Kier molecular flexibility index (Phi) is 7.44. The number of phenols is 1. The molecule has 6 rings (SSSR count). The van der Waals surface area contributed by atoms with E-state index in [0.29, 0.717) is 38.0 Å². The number of ether oxygens (including phenoxy) is 1. The smallest absolute Gasteiger partial charge is 0.269 e. The van der Waals surface area contributed by atoms with Gasteiger partial charge in [-0.1, -0.05) is 42.5 Å². The Morgan fingerprint density at radius 3 is 2.48 bits per heavy atom. The largest absolute Gasteiger partial charge is 0.503 e. The minimum atomic E-state index is -0.526. The number of methoxy groups -OCH3 is 1. The molecule has 9 nitrogen and oxygen atoms in total. The number of hydrogen-bond donors (Lipinski definition) is 2. The van der Waals surface area contributed by atoms with E-state index in [9.17, 15) is 19.5 Å². The maximum absolute atomic E-state index is 13.6. The van der Waals surface area contributed by atoms with Crippen LogP contribution in [0.15, 0.2) is 100 Å². The van der Waals surface area contributed by atoms with Crippen LogP contribution in [0.5, 0.6) is 11.5 Å². The van der Waals surface area contributed by atoms with Crippen LogP contribution in [0.1, 0.15) is 21.3 Å².